The minimum atomic E-state index is -4.37. The normalized spacial score (nSPS) is 11.4. The van der Waals surface area contributed by atoms with Crippen LogP contribution in [0.15, 0.2) is 18.2 Å². The highest BCUT2D eigenvalue weighted by molar-refractivity contribution is 6.17. The third-order valence-corrected chi connectivity index (χ3v) is 2.27. The van der Waals surface area contributed by atoms with Gasteiger partial charge in [-0.05, 0) is 6.07 Å². The first-order valence-electron chi connectivity index (χ1n) is 4.96. The van der Waals surface area contributed by atoms with Crippen LogP contribution in [0.3, 0.4) is 0 Å². The lowest BCUT2D eigenvalue weighted by Crippen LogP contribution is -2.19. The third-order valence-electron chi connectivity index (χ3n) is 1.98. The van der Waals surface area contributed by atoms with Crippen molar-refractivity contribution in [1.82, 2.24) is 0 Å². The van der Waals surface area contributed by atoms with E-state index < -0.39 is 19.6 Å². The third kappa shape index (κ3) is 5.01. The van der Waals surface area contributed by atoms with Crippen LogP contribution in [-0.4, -0.2) is 26.7 Å². The van der Waals surface area contributed by atoms with Crippen molar-refractivity contribution in [2.75, 3.05) is 20.5 Å². The molecular weight excluding hydrogens is 273 g/mol. The molecule has 7 heteroatoms. The van der Waals surface area contributed by atoms with E-state index >= 15 is 0 Å². The zero-order valence-corrected chi connectivity index (χ0v) is 10.3. The molecule has 18 heavy (non-hydrogen) atoms. The van der Waals surface area contributed by atoms with E-state index in [-0.39, 0.29) is 5.88 Å². The number of hydrogen-bond donors (Lipinski definition) is 0. The average molecular weight is 285 g/mol. The molecule has 0 aliphatic heterocycles. The maximum absolute atomic E-state index is 11.8. The summed E-state index contributed by atoms with van der Waals surface area (Å²) in [5.74, 6) is 1.04. The summed E-state index contributed by atoms with van der Waals surface area (Å²) in [5, 5.41) is 0. The molecule has 0 saturated carbocycles. The summed E-state index contributed by atoms with van der Waals surface area (Å²) in [5.41, 5.74) is 0.646. The largest absolute Gasteiger partial charge is 0.497 e. The van der Waals surface area contributed by atoms with Gasteiger partial charge >= 0.3 is 6.18 Å². The van der Waals surface area contributed by atoms with Crippen LogP contribution in [0.25, 0.3) is 0 Å². The van der Waals surface area contributed by atoms with E-state index in [1.165, 1.54) is 13.2 Å². The minimum Gasteiger partial charge on any atom is -0.497 e. The van der Waals surface area contributed by atoms with Crippen molar-refractivity contribution in [3.63, 3.8) is 0 Å². The molecule has 0 atom stereocenters. The second-order valence-corrected chi connectivity index (χ2v) is 3.60. The zero-order chi connectivity index (χ0) is 13.6. The standard InChI is InChI=1S/C11H12ClF3O3/c1-16-9-3-2-8(5-12)10(4-9)18-7-17-6-11(13,14)15/h2-4H,5-7H2,1H3. The molecule has 1 aromatic carbocycles. The average Bonchev–Trinajstić information content (AvgIpc) is 2.33. The Bertz CT molecular complexity index is 382. The van der Waals surface area contributed by atoms with Gasteiger partial charge in [0.1, 0.15) is 18.1 Å². The maximum atomic E-state index is 11.8. The van der Waals surface area contributed by atoms with Gasteiger partial charge in [-0.1, -0.05) is 6.07 Å². The van der Waals surface area contributed by atoms with Gasteiger partial charge in [0.05, 0.1) is 13.0 Å². The van der Waals surface area contributed by atoms with Crippen LogP contribution in [0, 0.1) is 0 Å². The van der Waals surface area contributed by atoms with Crippen molar-refractivity contribution < 1.29 is 27.4 Å². The zero-order valence-electron chi connectivity index (χ0n) is 9.59. The summed E-state index contributed by atoms with van der Waals surface area (Å²) in [6, 6.07) is 4.89. The molecule has 0 aliphatic carbocycles. The van der Waals surface area contributed by atoms with Gasteiger partial charge in [-0.15, -0.1) is 11.6 Å². The van der Waals surface area contributed by atoms with E-state index in [9.17, 15) is 13.2 Å². The van der Waals surface area contributed by atoms with Crippen LogP contribution in [0.4, 0.5) is 13.2 Å². The molecule has 0 radical (unpaired) electrons. The van der Waals surface area contributed by atoms with Gasteiger partial charge in [-0.2, -0.15) is 13.2 Å². The Kier molecular flexibility index (Phi) is 5.55. The van der Waals surface area contributed by atoms with Crippen molar-refractivity contribution in [2.45, 2.75) is 12.1 Å². The molecule has 1 aromatic rings. The van der Waals surface area contributed by atoms with E-state index in [0.717, 1.165) is 0 Å². The van der Waals surface area contributed by atoms with Crippen molar-refractivity contribution in [2.24, 2.45) is 0 Å². The monoisotopic (exact) mass is 284 g/mol. The fourth-order valence-electron chi connectivity index (χ4n) is 1.17. The lowest BCUT2D eigenvalue weighted by molar-refractivity contribution is -0.186. The van der Waals surface area contributed by atoms with Gasteiger partial charge < -0.3 is 14.2 Å². The Labute approximate surface area is 107 Å². The van der Waals surface area contributed by atoms with Crippen molar-refractivity contribution in [3.05, 3.63) is 23.8 Å². The quantitative estimate of drug-likeness (QED) is 0.455. The highest BCUT2D eigenvalue weighted by atomic mass is 35.5. The highest BCUT2D eigenvalue weighted by Gasteiger charge is 2.27. The summed E-state index contributed by atoms with van der Waals surface area (Å²) in [7, 11) is 1.47. The van der Waals surface area contributed by atoms with Gasteiger partial charge in [0.2, 0.25) is 0 Å². The Hall–Kier alpha value is -1.14. The van der Waals surface area contributed by atoms with Crippen molar-refractivity contribution >= 4 is 11.6 Å². The SMILES string of the molecule is COc1ccc(CCl)c(OCOCC(F)(F)F)c1. The number of alkyl halides is 4. The fourth-order valence-corrected chi connectivity index (χ4v) is 1.39. The highest BCUT2D eigenvalue weighted by Crippen LogP contribution is 2.26. The van der Waals surface area contributed by atoms with Crippen molar-refractivity contribution in [1.29, 1.82) is 0 Å². The van der Waals surface area contributed by atoms with Gasteiger partial charge in [0.25, 0.3) is 0 Å². The van der Waals surface area contributed by atoms with E-state index in [1.54, 1.807) is 12.1 Å². The number of halogens is 4. The van der Waals surface area contributed by atoms with Crippen LogP contribution in [0.5, 0.6) is 11.5 Å². The van der Waals surface area contributed by atoms with Crippen molar-refractivity contribution in [3.8, 4) is 11.5 Å². The number of methoxy groups -OCH3 is 1. The Morgan fingerprint density at radius 1 is 1.28 bits per heavy atom. The van der Waals surface area contributed by atoms with E-state index in [0.29, 0.717) is 17.1 Å². The Morgan fingerprint density at radius 2 is 2.00 bits per heavy atom. The molecule has 0 fully saturated rings. The van der Waals surface area contributed by atoms with Crippen LogP contribution in [0.1, 0.15) is 5.56 Å². The maximum Gasteiger partial charge on any atom is 0.411 e. The second kappa shape index (κ2) is 6.70. The molecule has 0 N–H and O–H groups in total. The number of benzene rings is 1. The van der Waals surface area contributed by atoms with Gasteiger partial charge in [0, 0.05) is 11.6 Å². The predicted octanol–water partition coefficient (Wildman–Crippen LogP) is 3.35. The first kappa shape index (κ1) is 14.9. The molecule has 0 spiro atoms. The van der Waals surface area contributed by atoms with Crippen LogP contribution >= 0.6 is 11.6 Å². The van der Waals surface area contributed by atoms with Crippen LogP contribution < -0.4 is 9.47 Å². The first-order chi connectivity index (χ1) is 8.46. The lowest BCUT2D eigenvalue weighted by Gasteiger charge is -2.12. The number of ether oxygens (including phenoxy) is 3. The summed E-state index contributed by atoms with van der Waals surface area (Å²) in [4.78, 5) is 0. The van der Waals surface area contributed by atoms with E-state index in [2.05, 4.69) is 4.74 Å². The summed E-state index contributed by atoms with van der Waals surface area (Å²) in [6.45, 7) is -1.86. The summed E-state index contributed by atoms with van der Waals surface area (Å²) < 4.78 is 49.9. The van der Waals surface area contributed by atoms with E-state index in [1.807, 2.05) is 0 Å². The topological polar surface area (TPSA) is 27.7 Å². The van der Waals surface area contributed by atoms with Gasteiger partial charge in [-0.3, -0.25) is 0 Å². The molecule has 0 aliphatic rings. The lowest BCUT2D eigenvalue weighted by atomic mass is 10.2. The number of rotatable bonds is 6. The summed E-state index contributed by atoms with van der Waals surface area (Å²) in [6.07, 6.45) is -4.37. The molecule has 0 bridgehead atoms. The fraction of sp³-hybridized carbons (Fsp3) is 0.455. The Balaban J connectivity index is 2.54. The smallest absolute Gasteiger partial charge is 0.411 e. The van der Waals surface area contributed by atoms with Crippen LogP contribution in [0.2, 0.25) is 0 Å². The van der Waals surface area contributed by atoms with E-state index in [4.69, 9.17) is 21.1 Å². The molecule has 1 rings (SSSR count). The molecule has 0 heterocycles. The summed E-state index contributed by atoms with van der Waals surface area (Å²) >= 11 is 5.67. The van der Waals surface area contributed by atoms with Gasteiger partial charge in [-0.25, -0.2) is 0 Å². The molecule has 102 valence electrons. The molecule has 3 nitrogen and oxygen atoms in total. The van der Waals surface area contributed by atoms with Gasteiger partial charge in [0.15, 0.2) is 6.79 Å². The molecule has 0 amide bonds. The molecule has 0 aromatic heterocycles. The Morgan fingerprint density at radius 3 is 2.56 bits per heavy atom. The predicted molar refractivity (Wildman–Crippen MR) is 60.1 cm³/mol. The minimum absolute atomic E-state index is 0.179. The number of hydrogen-bond acceptors (Lipinski definition) is 3. The second-order valence-electron chi connectivity index (χ2n) is 3.33. The molecular formula is C11H12ClF3O3. The molecule has 0 saturated heterocycles. The molecule has 0 unspecified atom stereocenters. The first-order valence-corrected chi connectivity index (χ1v) is 5.50. The van der Waals surface area contributed by atoms with Crippen LogP contribution in [-0.2, 0) is 10.6 Å².